The Hall–Kier alpha value is -3.59. The van der Waals surface area contributed by atoms with E-state index < -0.39 is 0 Å². The third-order valence-corrected chi connectivity index (χ3v) is 5.25. The van der Waals surface area contributed by atoms with Crippen molar-refractivity contribution in [3.63, 3.8) is 0 Å². The van der Waals surface area contributed by atoms with Crippen LogP contribution in [0.5, 0.6) is 11.5 Å². The predicted octanol–water partition coefficient (Wildman–Crippen LogP) is 3.58. The van der Waals surface area contributed by atoms with Crippen molar-refractivity contribution in [3.05, 3.63) is 75.8 Å². The van der Waals surface area contributed by atoms with Crippen LogP contribution in [0.25, 0.3) is 16.8 Å². The Morgan fingerprint density at radius 3 is 2.48 bits per heavy atom. The van der Waals surface area contributed by atoms with Gasteiger partial charge in [-0.25, -0.2) is 4.52 Å². The van der Waals surface area contributed by atoms with E-state index in [1.165, 1.54) is 9.08 Å². The van der Waals surface area contributed by atoms with Crippen LogP contribution in [0.2, 0.25) is 0 Å². The van der Waals surface area contributed by atoms with Crippen molar-refractivity contribution >= 4 is 33.0 Å². The molecule has 0 unspecified atom stereocenters. The van der Waals surface area contributed by atoms with Crippen LogP contribution in [-0.4, -0.2) is 34.3 Å². The number of methoxy groups -OCH3 is 2. The van der Waals surface area contributed by atoms with Crippen LogP contribution in [0.4, 0.5) is 5.69 Å². The summed E-state index contributed by atoms with van der Waals surface area (Å²) >= 11 is 3.35. The molecular formula is C22H19BrN4O4. The molecule has 0 aliphatic heterocycles. The zero-order valence-corrected chi connectivity index (χ0v) is 18.4. The molecule has 9 heteroatoms. The fraction of sp³-hybridized carbons (Fsp3) is 0.136. The molecule has 0 bridgehead atoms. The number of amides is 1. The molecule has 0 atom stereocenters. The predicted molar refractivity (Wildman–Crippen MR) is 121 cm³/mol. The third-order valence-electron chi connectivity index (χ3n) is 4.72. The van der Waals surface area contributed by atoms with E-state index in [9.17, 15) is 9.59 Å². The number of carbonyl (C=O) groups is 1. The zero-order valence-electron chi connectivity index (χ0n) is 16.8. The van der Waals surface area contributed by atoms with Gasteiger partial charge in [0.1, 0.15) is 12.1 Å². The fourth-order valence-corrected chi connectivity index (χ4v) is 3.44. The van der Waals surface area contributed by atoms with Gasteiger partial charge < -0.3 is 19.4 Å². The van der Waals surface area contributed by atoms with E-state index in [-0.39, 0.29) is 18.0 Å². The van der Waals surface area contributed by atoms with Crippen molar-refractivity contribution in [2.75, 3.05) is 19.5 Å². The molecule has 0 radical (unpaired) electrons. The van der Waals surface area contributed by atoms with Gasteiger partial charge in [-0.1, -0.05) is 15.9 Å². The van der Waals surface area contributed by atoms with Crippen molar-refractivity contribution in [1.29, 1.82) is 0 Å². The average Bonchev–Trinajstić information content (AvgIpc) is 3.22. The maximum atomic E-state index is 12.9. The Bertz CT molecular complexity index is 1310. The smallest absolute Gasteiger partial charge is 0.277 e. The summed E-state index contributed by atoms with van der Waals surface area (Å²) in [6, 6.07) is 14.3. The summed E-state index contributed by atoms with van der Waals surface area (Å²) in [4.78, 5) is 25.3. The van der Waals surface area contributed by atoms with E-state index in [1.54, 1.807) is 56.9 Å². The van der Waals surface area contributed by atoms with E-state index in [0.29, 0.717) is 28.4 Å². The Balaban J connectivity index is 1.60. The summed E-state index contributed by atoms with van der Waals surface area (Å²) in [5, 5.41) is 7.25. The number of fused-ring (bicyclic) bond motifs is 1. The highest BCUT2D eigenvalue weighted by Gasteiger charge is 2.13. The zero-order chi connectivity index (χ0) is 22.0. The molecule has 1 amide bonds. The van der Waals surface area contributed by atoms with Crippen molar-refractivity contribution in [3.8, 4) is 22.8 Å². The first-order chi connectivity index (χ1) is 15.0. The molecule has 0 saturated carbocycles. The number of nitrogens with zero attached hydrogens (tertiary/aromatic N) is 3. The average molecular weight is 483 g/mol. The summed E-state index contributed by atoms with van der Waals surface area (Å²) < 4.78 is 14.4. The maximum absolute atomic E-state index is 12.9. The Kier molecular flexibility index (Phi) is 5.77. The summed E-state index contributed by atoms with van der Waals surface area (Å²) in [5.41, 5.74) is 2.09. The third kappa shape index (κ3) is 4.31. The van der Waals surface area contributed by atoms with Crippen molar-refractivity contribution in [2.45, 2.75) is 6.54 Å². The van der Waals surface area contributed by atoms with E-state index in [2.05, 4.69) is 26.3 Å². The molecule has 8 nitrogen and oxygen atoms in total. The standard InChI is InChI=1S/C22H19BrN4O4/c1-30-19-8-3-14(11-20(19)31-2)17-12-18-22(29)26(9-10-27(18)25-17)13-21(28)24-16-6-4-15(23)5-7-16/h3-12H,13H2,1-2H3,(H,24,28). The molecule has 0 aliphatic rings. The van der Waals surface area contributed by atoms with Gasteiger partial charge in [-0.05, 0) is 48.5 Å². The van der Waals surface area contributed by atoms with Gasteiger partial charge in [0.25, 0.3) is 5.56 Å². The number of anilines is 1. The van der Waals surface area contributed by atoms with Crippen molar-refractivity contribution in [1.82, 2.24) is 14.2 Å². The van der Waals surface area contributed by atoms with Crippen LogP contribution in [0.15, 0.2) is 70.2 Å². The van der Waals surface area contributed by atoms with Crippen LogP contribution in [0, 0.1) is 0 Å². The van der Waals surface area contributed by atoms with Crippen LogP contribution in [0.3, 0.4) is 0 Å². The lowest BCUT2D eigenvalue weighted by Gasteiger charge is -2.08. The Labute approximate surface area is 186 Å². The lowest BCUT2D eigenvalue weighted by molar-refractivity contribution is -0.116. The topological polar surface area (TPSA) is 86.9 Å². The van der Waals surface area contributed by atoms with Gasteiger partial charge in [-0.15, -0.1) is 0 Å². The summed E-state index contributed by atoms with van der Waals surface area (Å²) in [7, 11) is 3.13. The number of aromatic nitrogens is 3. The number of ether oxygens (including phenoxy) is 2. The first-order valence-corrected chi connectivity index (χ1v) is 10.1. The molecule has 0 aliphatic carbocycles. The van der Waals surface area contributed by atoms with Crippen molar-refractivity contribution < 1.29 is 14.3 Å². The minimum atomic E-state index is -0.312. The molecule has 1 N–H and O–H groups in total. The van der Waals surface area contributed by atoms with E-state index in [4.69, 9.17) is 9.47 Å². The monoisotopic (exact) mass is 482 g/mol. The Morgan fingerprint density at radius 1 is 1.03 bits per heavy atom. The van der Waals surface area contributed by atoms with Crippen LogP contribution in [-0.2, 0) is 11.3 Å². The van der Waals surface area contributed by atoms with Gasteiger partial charge in [0.2, 0.25) is 5.91 Å². The molecule has 0 spiro atoms. The number of hydrogen-bond donors (Lipinski definition) is 1. The molecule has 4 aromatic rings. The molecule has 2 aromatic carbocycles. The number of nitrogens with one attached hydrogen (secondary N) is 1. The second-order valence-electron chi connectivity index (χ2n) is 6.72. The molecule has 2 heterocycles. The molecule has 31 heavy (non-hydrogen) atoms. The summed E-state index contributed by atoms with van der Waals surface area (Å²) in [5.74, 6) is 0.877. The van der Waals surface area contributed by atoms with Crippen LogP contribution >= 0.6 is 15.9 Å². The van der Waals surface area contributed by atoms with Gasteiger partial charge >= 0.3 is 0 Å². The largest absolute Gasteiger partial charge is 0.493 e. The van der Waals surface area contributed by atoms with Gasteiger partial charge in [-0.3, -0.25) is 9.59 Å². The normalized spacial score (nSPS) is 10.8. The van der Waals surface area contributed by atoms with E-state index >= 15 is 0 Å². The first-order valence-electron chi connectivity index (χ1n) is 9.35. The van der Waals surface area contributed by atoms with Gasteiger partial charge in [-0.2, -0.15) is 5.10 Å². The number of halogens is 1. The minimum Gasteiger partial charge on any atom is -0.493 e. The number of carbonyl (C=O) groups excluding carboxylic acids is 1. The summed E-state index contributed by atoms with van der Waals surface area (Å²) in [6.45, 7) is -0.109. The molecule has 4 rings (SSSR count). The SMILES string of the molecule is COc1ccc(-c2cc3c(=O)n(CC(=O)Nc4ccc(Br)cc4)ccn3n2)cc1OC. The molecule has 0 fully saturated rings. The van der Waals surface area contributed by atoms with Gasteiger partial charge in [0, 0.05) is 28.1 Å². The lowest BCUT2D eigenvalue weighted by Crippen LogP contribution is -2.28. The van der Waals surface area contributed by atoms with Crippen LogP contribution < -0.4 is 20.3 Å². The molecule has 158 valence electrons. The number of hydrogen-bond acceptors (Lipinski definition) is 5. The highest BCUT2D eigenvalue weighted by atomic mass is 79.9. The number of rotatable bonds is 6. The molecular weight excluding hydrogens is 464 g/mol. The quantitative estimate of drug-likeness (QED) is 0.453. The highest BCUT2D eigenvalue weighted by Crippen LogP contribution is 2.31. The second-order valence-corrected chi connectivity index (χ2v) is 7.63. The highest BCUT2D eigenvalue weighted by molar-refractivity contribution is 9.10. The summed E-state index contributed by atoms with van der Waals surface area (Å²) in [6.07, 6.45) is 3.19. The van der Waals surface area contributed by atoms with Crippen molar-refractivity contribution in [2.24, 2.45) is 0 Å². The minimum absolute atomic E-state index is 0.109. The fourth-order valence-electron chi connectivity index (χ4n) is 3.18. The van der Waals surface area contributed by atoms with Gasteiger partial charge in [0.15, 0.2) is 11.5 Å². The van der Waals surface area contributed by atoms with E-state index in [1.807, 2.05) is 18.2 Å². The Morgan fingerprint density at radius 2 is 1.77 bits per heavy atom. The molecule has 2 aromatic heterocycles. The maximum Gasteiger partial charge on any atom is 0.277 e. The van der Waals surface area contributed by atoms with Gasteiger partial charge in [0.05, 0.1) is 19.9 Å². The second kappa shape index (κ2) is 8.65. The molecule has 0 saturated heterocycles. The van der Waals surface area contributed by atoms with E-state index in [0.717, 1.165) is 10.0 Å². The number of benzene rings is 2. The lowest BCUT2D eigenvalue weighted by atomic mass is 10.1. The first kappa shape index (κ1) is 20.7. The van der Waals surface area contributed by atoms with Crippen LogP contribution in [0.1, 0.15) is 0 Å².